The number of carbonyl (C=O) groups excluding carboxylic acids is 1. The first-order valence-electron chi connectivity index (χ1n) is 3.91. The molecule has 0 amide bonds. The van der Waals surface area contributed by atoms with Crippen LogP contribution in [0.5, 0.6) is 0 Å². The van der Waals surface area contributed by atoms with E-state index in [1.807, 2.05) is 0 Å². The average molecular weight is 186 g/mol. The Morgan fingerprint density at radius 2 is 2.08 bits per heavy atom. The number of ether oxygens (including phenoxy) is 1. The molecular weight excluding hydrogens is 172 g/mol. The second-order valence-electron chi connectivity index (χ2n) is 2.74. The molecule has 0 heterocycles. The first-order valence-corrected chi connectivity index (χ1v) is 3.91. The molecule has 0 aliphatic carbocycles. The normalized spacial score (nSPS) is 14.7. The third-order valence-electron chi connectivity index (χ3n) is 1.99. The number of aliphatic carboxylic acids is 1. The van der Waals surface area contributed by atoms with Gasteiger partial charge in [0.25, 0.3) is 0 Å². The Kier molecular flexibility index (Phi) is 4.99. The van der Waals surface area contributed by atoms with Crippen LogP contribution in [0.25, 0.3) is 0 Å². The summed E-state index contributed by atoms with van der Waals surface area (Å²) in [4.78, 5) is 20.8. The van der Waals surface area contributed by atoms with E-state index in [-0.39, 0.29) is 12.0 Å². The highest BCUT2D eigenvalue weighted by Gasteiger charge is 2.14. The molecule has 4 heteroatoms. The number of hydrogen-bond donors (Lipinski definition) is 1. The molecule has 0 rings (SSSR count). The minimum Gasteiger partial charge on any atom is -0.478 e. The second kappa shape index (κ2) is 5.48. The van der Waals surface area contributed by atoms with Gasteiger partial charge in [-0.2, -0.15) is 0 Å². The SMILES string of the molecule is COC(CC=O)C(C)=C(C)C(=O)O. The molecule has 1 atom stereocenters. The van der Waals surface area contributed by atoms with Gasteiger partial charge in [-0.05, 0) is 19.4 Å². The van der Waals surface area contributed by atoms with E-state index in [0.717, 1.165) is 0 Å². The molecule has 0 aromatic rings. The van der Waals surface area contributed by atoms with Gasteiger partial charge < -0.3 is 14.6 Å². The highest BCUT2D eigenvalue weighted by molar-refractivity contribution is 5.87. The maximum atomic E-state index is 10.6. The van der Waals surface area contributed by atoms with Gasteiger partial charge in [0, 0.05) is 19.1 Å². The highest BCUT2D eigenvalue weighted by Crippen LogP contribution is 2.13. The van der Waals surface area contributed by atoms with Crippen LogP contribution >= 0.6 is 0 Å². The monoisotopic (exact) mass is 186 g/mol. The molecule has 0 radical (unpaired) electrons. The third kappa shape index (κ3) is 3.38. The van der Waals surface area contributed by atoms with Crippen molar-refractivity contribution in [2.45, 2.75) is 26.4 Å². The van der Waals surface area contributed by atoms with Crippen LogP contribution in [0.3, 0.4) is 0 Å². The van der Waals surface area contributed by atoms with Crippen LogP contribution in [-0.2, 0) is 14.3 Å². The Labute approximate surface area is 77.2 Å². The summed E-state index contributed by atoms with van der Waals surface area (Å²) in [6.45, 7) is 3.15. The number of carbonyl (C=O) groups is 2. The number of carboxylic acid groups (broad SMARTS) is 1. The van der Waals surface area contributed by atoms with Crippen molar-refractivity contribution in [2.75, 3.05) is 7.11 Å². The van der Waals surface area contributed by atoms with Crippen molar-refractivity contribution in [3.63, 3.8) is 0 Å². The predicted octanol–water partition coefficient (Wildman–Crippen LogP) is 1.01. The number of rotatable bonds is 5. The smallest absolute Gasteiger partial charge is 0.331 e. The molecule has 0 bridgehead atoms. The number of hydrogen-bond acceptors (Lipinski definition) is 3. The summed E-state index contributed by atoms with van der Waals surface area (Å²) in [6.07, 6.45) is 0.480. The molecule has 0 fully saturated rings. The molecule has 0 saturated carbocycles. The van der Waals surface area contributed by atoms with E-state index in [9.17, 15) is 9.59 Å². The summed E-state index contributed by atoms with van der Waals surface area (Å²) >= 11 is 0. The van der Waals surface area contributed by atoms with Gasteiger partial charge in [-0.25, -0.2) is 4.79 Å². The topological polar surface area (TPSA) is 63.6 Å². The molecule has 0 aromatic carbocycles. The van der Waals surface area contributed by atoms with E-state index in [1.165, 1.54) is 14.0 Å². The van der Waals surface area contributed by atoms with E-state index in [0.29, 0.717) is 11.9 Å². The van der Waals surface area contributed by atoms with Gasteiger partial charge in [0.15, 0.2) is 0 Å². The predicted molar refractivity (Wildman–Crippen MR) is 47.5 cm³/mol. The second-order valence-corrected chi connectivity index (χ2v) is 2.74. The standard InChI is InChI=1S/C9H14O4/c1-6(7(2)9(11)12)8(13-3)4-5-10/h5,8H,4H2,1-3H3,(H,11,12). The molecule has 1 N–H and O–H groups in total. The number of methoxy groups -OCH3 is 1. The van der Waals surface area contributed by atoms with Crippen LogP contribution in [0.2, 0.25) is 0 Å². The van der Waals surface area contributed by atoms with E-state index < -0.39 is 12.1 Å². The number of carboxylic acids is 1. The third-order valence-corrected chi connectivity index (χ3v) is 1.99. The molecule has 0 spiro atoms. The lowest BCUT2D eigenvalue weighted by Gasteiger charge is -2.14. The zero-order valence-electron chi connectivity index (χ0n) is 8.03. The van der Waals surface area contributed by atoms with Crippen LogP contribution in [-0.4, -0.2) is 30.6 Å². The van der Waals surface area contributed by atoms with Crippen molar-refractivity contribution < 1.29 is 19.4 Å². The van der Waals surface area contributed by atoms with Gasteiger partial charge >= 0.3 is 5.97 Å². The molecule has 0 aliphatic heterocycles. The zero-order chi connectivity index (χ0) is 10.4. The molecule has 0 aliphatic rings. The van der Waals surface area contributed by atoms with Crippen molar-refractivity contribution in [1.29, 1.82) is 0 Å². The van der Waals surface area contributed by atoms with Crippen molar-refractivity contribution in [3.05, 3.63) is 11.1 Å². The summed E-state index contributed by atoms with van der Waals surface area (Å²) < 4.78 is 4.97. The minimum atomic E-state index is -0.981. The van der Waals surface area contributed by atoms with Crippen LogP contribution in [0, 0.1) is 0 Å². The quantitative estimate of drug-likeness (QED) is 0.514. The first kappa shape index (κ1) is 11.8. The first-order chi connectivity index (χ1) is 6.04. The molecule has 0 aromatic heterocycles. The van der Waals surface area contributed by atoms with Crippen LogP contribution in [0.1, 0.15) is 20.3 Å². The van der Waals surface area contributed by atoms with Gasteiger partial charge in [-0.1, -0.05) is 0 Å². The van der Waals surface area contributed by atoms with Crippen molar-refractivity contribution in [2.24, 2.45) is 0 Å². The van der Waals surface area contributed by atoms with Gasteiger partial charge in [0.05, 0.1) is 6.10 Å². The summed E-state index contributed by atoms with van der Waals surface area (Å²) in [6, 6.07) is 0. The highest BCUT2D eigenvalue weighted by atomic mass is 16.5. The van der Waals surface area contributed by atoms with E-state index in [2.05, 4.69) is 0 Å². The fraction of sp³-hybridized carbons (Fsp3) is 0.556. The van der Waals surface area contributed by atoms with E-state index in [1.54, 1.807) is 6.92 Å². The van der Waals surface area contributed by atoms with Crippen molar-refractivity contribution in [1.82, 2.24) is 0 Å². The minimum absolute atomic E-state index is 0.187. The summed E-state index contributed by atoms with van der Waals surface area (Å²) in [7, 11) is 1.45. The lowest BCUT2D eigenvalue weighted by molar-refractivity contribution is -0.132. The van der Waals surface area contributed by atoms with Crippen molar-refractivity contribution >= 4 is 12.3 Å². The molecule has 74 valence electrons. The van der Waals surface area contributed by atoms with Crippen LogP contribution < -0.4 is 0 Å². The van der Waals surface area contributed by atoms with Gasteiger partial charge in [-0.15, -0.1) is 0 Å². The molecule has 4 nitrogen and oxygen atoms in total. The van der Waals surface area contributed by atoms with Crippen molar-refractivity contribution in [3.8, 4) is 0 Å². The van der Waals surface area contributed by atoms with E-state index in [4.69, 9.17) is 9.84 Å². The Balaban J connectivity index is 4.69. The lowest BCUT2D eigenvalue weighted by Crippen LogP contribution is -2.16. The average Bonchev–Trinajstić information content (AvgIpc) is 2.11. The summed E-state index contributed by atoms with van der Waals surface area (Å²) in [5, 5.41) is 8.66. The van der Waals surface area contributed by atoms with Crippen LogP contribution in [0.15, 0.2) is 11.1 Å². The molecular formula is C9H14O4. The number of aldehydes is 1. The maximum Gasteiger partial charge on any atom is 0.331 e. The van der Waals surface area contributed by atoms with E-state index >= 15 is 0 Å². The Hall–Kier alpha value is -1.16. The molecule has 1 unspecified atom stereocenters. The summed E-state index contributed by atoms with van der Waals surface area (Å²) in [5.74, 6) is -0.981. The van der Waals surface area contributed by atoms with Gasteiger partial charge in [0.1, 0.15) is 6.29 Å². The summed E-state index contributed by atoms with van der Waals surface area (Å²) in [5.41, 5.74) is 0.816. The Morgan fingerprint density at radius 3 is 2.38 bits per heavy atom. The van der Waals surface area contributed by atoms with Gasteiger partial charge in [0.2, 0.25) is 0 Å². The molecule has 13 heavy (non-hydrogen) atoms. The van der Waals surface area contributed by atoms with Crippen LogP contribution in [0.4, 0.5) is 0 Å². The lowest BCUT2D eigenvalue weighted by atomic mass is 10.0. The zero-order valence-corrected chi connectivity index (χ0v) is 8.03. The Morgan fingerprint density at radius 1 is 1.54 bits per heavy atom. The molecule has 0 saturated heterocycles. The Bertz CT molecular complexity index is 230. The maximum absolute atomic E-state index is 10.6. The largest absolute Gasteiger partial charge is 0.478 e. The fourth-order valence-electron chi connectivity index (χ4n) is 0.947. The fourth-order valence-corrected chi connectivity index (χ4v) is 0.947. The van der Waals surface area contributed by atoms with Gasteiger partial charge in [-0.3, -0.25) is 0 Å².